The summed E-state index contributed by atoms with van der Waals surface area (Å²) in [4.78, 5) is 23.3. The number of amides is 1. The van der Waals surface area contributed by atoms with Gasteiger partial charge in [-0.2, -0.15) is 0 Å². The summed E-state index contributed by atoms with van der Waals surface area (Å²) in [5, 5.41) is 3.08. The first-order chi connectivity index (χ1) is 11.7. The van der Waals surface area contributed by atoms with Gasteiger partial charge in [0.2, 0.25) is 5.95 Å². The molecule has 1 aliphatic carbocycles. The zero-order valence-corrected chi connectivity index (χ0v) is 14.3. The van der Waals surface area contributed by atoms with E-state index in [4.69, 9.17) is 0 Å². The molecule has 1 saturated carbocycles. The zero-order valence-electron chi connectivity index (χ0n) is 14.3. The van der Waals surface area contributed by atoms with Gasteiger partial charge in [0.15, 0.2) is 0 Å². The number of carbonyl (C=O) groups excluding carboxylic acids is 1. The number of nitrogens with one attached hydrogen (secondary N) is 1. The molecule has 0 aliphatic heterocycles. The van der Waals surface area contributed by atoms with Gasteiger partial charge in [0.25, 0.3) is 5.91 Å². The van der Waals surface area contributed by atoms with Crippen molar-refractivity contribution in [2.75, 3.05) is 11.4 Å². The van der Waals surface area contributed by atoms with Crippen LogP contribution in [0.15, 0.2) is 36.5 Å². The van der Waals surface area contributed by atoms with Gasteiger partial charge in [-0.25, -0.2) is 9.97 Å². The second-order valence-corrected chi connectivity index (χ2v) is 6.28. The van der Waals surface area contributed by atoms with Crippen molar-refractivity contribution in [1.29, 1.82) is 0 Å². The molecule has 0 saturated heterocycles. The Morgan fingerprint density at radius 1 is 1.29 bits per heavy atom. The number of anilines is 2. The highest BCUT2D eigenvalue weighted by Crippen LogP contribution is 2.23. The predicted octanol–water partition coefficient (Wildman–Crippen LogP) is 3.62. The second-order valence-electron chi connectivity index (χ2n) is 6.28. The molecule has 1 fully saturated rings. The van der Waals surface area contributed by atoms with Gasteiger partial charge in [-0.15, -0.1) is 0 Å². The normalized spacial score (nSPS) is 14.6. The number of aryl methyl sites for hydroxylation is 1. The minimum Gasteiger partial charge on any atom is -0.348 e. The largest absolute Gasteiger partial charge is 0.348 e. The molecule has 0 bridgehead atoms. The average molecular weight is 324 g/mol. The monoisotopic (exact) mass is 324 g/mol. The Hall–Kier alpha value is -2.43. The van der Waals surface area contributed by atoms with Gasteiger partial charge in [-0.3, -0.25) is 4.79 Å². The van der Waals surface area contributed by atoms with Gasteiger partial charge in [0, 0.05) is 24.5 Å². The smallest absolute Gasteiger partial charge is 0.270 e. The first kappa shape index (κ1) is 16.4. The number of aromatic nitrogens is 2. The van der Waals surface area contributed by atoms with Gasteiger partial charge >= 0.3 is 0 Å². The van der Waals surface area contributed by atoms with Crippen molar-refractivity contribution in [2.24, 2.45) is 0 Å². The summed E-state index contributed by atoms with van der Waals surface area (Å²) in [6.45, 7) is 4.85. The summed E-state index contributed by atoms with van der Waals surface area (Å²) in [6, 6.07) is 10.2. The van der Waals surface area contributed by atoms with Crippen molar-refractivity contribution >= 4 is 17.5 Å². The summed E-state index contributed by atoms with van der Waals surface area (Å²) in [6.07, 6.45) is 6.17. The molecule has 5 heteroatoms. The lowest BCUT2D eigenvalue weighted by molar-refractivity contribution is 0.0932. The van der Waals surface area contributed by atoms with Crippen LogP contribution in [0, 0.1) is 6.92 Å². The molecule has 0 unspecified atom stereocenters. The molecule has 24 heavy (non-hydrogen) atoms. The van der Waals surface area contributed by atoms with Gasteiger partial charge in [0.1, 0.15) is 5.69 Å². The van der Waals surface area contributed by atoms with Crippen molar-refractivity contribution in [1.82, 2.24) is 15.3 Å². The second kappa shape index (κ2) is 7.43. The van der Waals surface area contributed by atoms with E-state index in [1.165, 1.54) is 18.4 Å². The number of hydrogen-bond donors (Lipinski definition) is 1. The Morgan fingerprint density at radius 3 is 2.79 bits per heavy atom. The fourth-order valence-electron chi connectivity index (χ4n) is 3.17. The lowest BCUT2D eigenvalue weighted by atomic mass is 10.2. The van der Waals surface area contributed by atoms with Crippen LogP contribution in [0.2, 0.25) is 0 Å². The Balaban J connectivity index is 1.81. The molecule has 0 radical (unpaired) electrons. The number of carbonyl (C=O) groups is 1. The fourth-order valence-corrected chi connectivity index (χ4v) is 3.17. The molecule has 1 aliphatic rings. The van der Waals surface area contributed by atoms with E-state index in [0.717, 1.165) is 25.1 Å². The van der Waals surface area contributed by atoms with E-state index in [1.54, 1.807) is 12.3 Å². The third-order valence-electron chi connectivity index (χ3n) is 4.44. The van der Waals surface area contributed by atoms with Crippen molar-refractivity contribution in [3.8, 4) is 0 Å². The molecule has 1 heterocycles. The number of nitrogens with zero attached hydrogens (tertiary/aromatic N) is 3. The van der Waals surface area contributed by atoms with Crippen LogP contribution < -0.4 is 10.2 Å². The quantitative estimate of drug-likeness (QED) is 0.912. The molecule has 3 rings (SSSR count). The summed E-state index contributed by atoms with van der Waals surface area (Å²) < 4.78 is 0. The van der Waals surface area contributed by atoms with Gasteiger partial charge < -0.3 is 10.2 Å². The van der Waals surface area contributed by atoms with E-state index in [-0.39, 0.29) is 11.9 Å². The van der Waals surface area contributed by atoms with E-state index in [2.05, 4.69) is 41.3 Å². The van der Waals surface area contributed by atoms with Crippen molar-refractivity contribution in [3.05, 3.63) is 47.8 Å². The molecule has 2 aromatic rings. The number of rotatable bonds is 5. The standard InChI is InChI=1S/C19H24N4O/c1-3-23(16-10-6-7-14(2)13-16)19-20-12-11-17(22-19)18(24)21-15-8-4-5-9-15/h6-7,10-13,15H,3-5,8-9H2,1-2H3,(H,21,24). The molecule has 5 nitrogen and oxygen atoms in total. The molecular formula is C19H24N4O. The van der Waals surface area contributed by atoms with Crippen LogP contribution >= 0.6 is 0 Å². The minimum absolute atomic E-state index is 0.106. The maximum Gasteiger partial charge on any atom is 0.270 e. The highest BCUT2D eigenvalue weighted by Gasteiger charge is 2.20. The Kier molecular flexibility index (Phi) is 5.08. The maximum atomic E-state index is 12.4. The zero-order chi connectivity index (χ0) is 16.9. The Morgan fingerprint density at radius 2 is 2.08 bits per heavy atom. The molecule has 1 aromatic carbocycles. The average Bonchev–Trinajstić information content (AvgIpc) is 3.09. The summed E-state index contributed by atoms with van der Waals surface area (Å²) in [5.41, 5.74) is 2.64. The number of hydrogen-bond acceptors (Lipinski definition) is 4. The Labute approximate surface area is 143 Å². The molecule has 1 aromatic heterocycles. The van der Waals surface area contributed by atoms with Crippen molar-refractivity contribution in [2.45, 2.75) is 45.6 Å². The fraction of sp³-hybridized carbons (Fsp3) is 0.421. The van der Waals surface area contributed by atoms with Crippen molar-refractivity contribution in [3.63, 3.8) is 0 Å². The summed E-state index contributed by atoms with van der Waals surface area (Å²) in [5.74, 6) is 0.452. The SMILES string of the molecule is CCN(c1cccc(C)c1)c1nccc(C(=O)NC2CCCC2)n1. The summed E-state index contributed by atoms with van der Waals surface area (Å²) >= 11 is 0. The molecule has 1 N–H and O–H groups in total. The van der Waals surface area contributed by atoms with E-state index < -0.39 is 0 Å². The Bertz CT molecular complexity index is 710. The van der Waals surface area contributed by atoms with E-state index in [0.29, 0.717) is 11.6 Å². The lowest BCUT2D eigenvalue weighted by Gasteiger charge is -2.21. The van der Waals surface area contributed by atoms with Crippen LogP contribution in [0.1, 0.15) is 48.7 Å². The lowest BCUT2D eigenvalue weighted by Crippen LogP contribution is -2.33. The molecule has 126 valence electrons. The van der Waals surface area contributed by atoms with Crippen LogP contribution in [-0.4, -0.2) is 28.5 Å². The van der Waals surface area contributed by atoms with Crippen LogP contribution in [0.5, 0.6) is 0 Å². The third kappa shape index (κ3) is 3.72. The highest BCUT2D eigenvalue weighted by atomic mass is 16.1. The highest BCUT2D eigenvalue weighted by molar-refractivity contribution is 5.92. The van der Waals surface area contributed by atoms with E-state index >= 15 is 0 Å². The molecular weight excluding hydrogens is 300 g/mol. The molecule has 0 atom stereocenters. The summed E-state index contributed by atoms with van der Waals surface area (Å²) in [7, 11) is 0. The predicted molar refractivity (Wildman–Crippen MR) is 95.6 cm³/mol. The topological polar surface area (TPSA) is 58.1 Å². The van der Waals surface area contributed by atoms with Crippen LogP contribution in [0.3, 0.4) is 0 Å². The van der Waals surface area contributed by atoms with Crippen LogP contribution in [0.4, 0.5) is 11.6 Å². The van der Waals surface area contributed by atoms with Crippen LogP contribution in [-0.2, 0) is 0 Å². The minimum atomic E-state index is -0.106. The van der Waals surface area contributed by atoms with Gasteiger partial charge in [-0.1, -0.05) is 25.0 Å². The van der Waals surface area contributed by atoms with E-state index in [9.17, 15) is 4.79 Å². The maximum absolute atomic E-state index is 12.4. The molecule has 0 spiro atoms. The van der Waals surface area contributed by atoms with Gasteiger partial charge in [-0.05, 0) is 50.5 Å². The van der Waals surface area contributed by atoms with Crippen LogP contribution in [0.25, 0.3) is 0 Å². The number of benzene rings is 1. The first-order valence-corrected chi connectivity index (χ1v) is 8.65. The van der Waals surface area contributed by atoms with Gasteiger partial charge in [0.05, 0.1) is 0 Å². The third-order valence-corrected chi connectivity index (χ3v) is 4.44. The molecule has 1 amide bonds. The van der Waals surface area contributed by atoms with Crippen molar-refractivity contribution < 1.29 is 4.79 Å². The van der Waals surface area contributed by atoms with E-state index in [1.807, 2.05) is 17.0 Å². The first-order valence-electron chi connectivity index (χ1n) is 8.65.